The molecule has 1 saturated heterocycles. The lowest BCUT2D eigenvalue weighted by molar-refractivity contribution is -0.236. The second-order valence-electron chi connectivity index (χ2n) is 6.60. The zero-order valence-corrected chi connectivity index (χ0v) is 14.2. The smallest absolute Gasteiger partial charge is 0.331 e. The lowest BCUT2D eigenvalue weighted by Gasteiger charge is -2.31. The van der Waals surface area contributed by atoms with Gasteiger partial charge in [0.25, 0.3) is 5.79 Å². The fourth-order valence-electron chi connectivity index (χ4n) is 3.07. The molecule has 8 nitrogen and oxygen atoms in total. The summed E-state index contributed by atoms with van der Waals surface area (Å²) in [5.74, 6) is -8.40. The van der Waals surface area contributed by atoms with Crippen molar-refractivity contribution in [3.63, 3.8) is 0 Å². The van der Waals surface area contributed by atoms with Gasteiger partial charge in [-0.3, -0.25) is 24.0 Å². The summed E-state index contributed by atoms with van der Waals surface area (Å²) in [7, 11) is 0. The molecular formula is C19H12O8. The van der Waals surface area contributed by atoms with Crippen LogP contribution in [0.4, 0.5) is 0 Å². The predicted molar refractivity (Wildman–Crippen MR) is 86.1 cm³/mol. The summed E-state index contributed by atoms with van der Waals surface area (Å²) in [5.41, 5.74) is 0.245. The third-order valence-corrected chi connectivity index (χ3v) is 4.27. The molecule has 2 aliphatic rings. The number of furan rings is 1. The zero-order valence-electron chi connectivity index (χ0n) is 14.2. The van der Waals surface area contributed by atoms with Crippen molar-refractivity contribution in [1.29, 1.82) is 0 Å². The molecule has 1 aromatic heterocycles. The fourth-order valence-corrected chi connectivity index (χ4v) is 3.07. The van der Waals surface area contributed by atoms with Crippen LogP contribution in [0.3, 0.4) is 0 Å². The SMILES string of the molecule is CC1(C)OC(=O)C(C(=O)c2cc3c(o2)C(=O)c2ccccc2C3=O)C(=O)O1. The minimum Gasteiger partial charge on any atom is -0.449 e. The summed E-state index contributed by atoms with van der Waals surface area (Å²) < 4.78 is 15.1. The van der Waals surface area contributed by atoms with Crippen LogP contribution in [-0.4, -0.2) is 35.1 Å². The molecule has 1 aliphatic carbocycles. The van der Waals surface area contributed by atoms with E-state index >= 15 is 0 Å². The number of ketones is 3. The molecular weight excluding hydrogens is 356 g/mol. The summed E-state index contributed by atoms with van der Waals surface area (Å²) in [6, 6.07) is 7.23. The first kappa shape index (κ1) is 16.9. The Morgan fingerprint density at radius 2 is 1.44 bits per heavy atom. The number of carbonyl (C=O) groups excluding carboxylic acids is 5. The van der Waals surface area contributed by atoms with Crippen LogP contribution >= 0.6 is 0 Å². The van der Waals surface area contributed by atoms with Crippen LogP contribution in [0.15, 0.2) is 34.7 Å². The number of carbonyl (C=O) groups is 5. The van der Waals surface area contributed by atoms with Crippen molar-refractivity contribution in [2.75, 3.05) is 0 Å². The Balaban J connectivity index is 1.73. The minimum absolute atomic E-state index is 0.0973. The molecule has 1 aliphatic heterocycles. The van der Waals surface area contributed by atoms with E-state index in [1.54, 1.807) is 12.1 Å². The topological polar surface area (TPSA) is 117 Å². The van der Waals surface area contributed by atoms with Gasteiger partial charge in [-0.2, -0.15) is 0 Å². The van der Waals surface area contributed by atoms with E-state index in [0.717, 1.165) is 6.07 Å². The van der Waals surface area contributed by atoms with Gasteiger partial charge in [-0.25, -0.2) is 0 Å². The van der Waals surface area contributed by atoms with Crippen molar-refractivity contribution in [2.24, 2.45) is 5.92 Å². The average molecular weight is 368 g/mol. The second kappa shape index (κ2) is 5.47. The Hall–Kier alpha value is -3.55. The number of hydrogen-bond acceptors (Lipinski definition) is 8. The molecule has 0 radical (unpaired) electrons. The van der Waals surface area contributed by atoms with Gasteiger partial charge in [-0.05, 0) is 6.07 Å². The Morgan fingerprint density at radius 1 is 0.889 bits per heavy atom. The van der Waals surface area contributed by atoms with Gasteiger partial charge < -0.3 is 13.9 Å². The molecule has 0 atom stereocenters. The van der Waals surface area contributed by atoms with E-state index in [4.69, 9.17) is 13.9 Å². The molecule has 2 aromatic rings. The molecule has 1 fully saturated rings. The number of cyclic esters (lactones) is 2. The third-order valence-electron chi connectivity index (χ3n) is 4.27. The van der Waals surface area contributed by atoms with Crippen molar-refractivity contribution >= 4 is 29.3 Å². The molecule has 4 rings (SSSR count). The first-order valence-corrected chi connectivity index (χ1v) is 8.02. The summed E-state index contributed by atoms with van der Waals surface area (Å²) in [6.07, 6.45) is 0. The Morgan fingerprint density at radius 3 is 2.04 bits per heavy atom. The monoisotopic (exact) mass is 368 g/mol. The zero-order chi connectivity index (χ0) is 19.5. The number of benzene rings is 1. The van der Waals surface area contributed by atoms with Crippen LogP contribution in [0.1, 0.15) is 56.4 Å². The summed E-state index contributed by atoms with van der Waals surface area (Å²) in [5, 5.41) is 0. The molecule has 27 heavy (non-hydrogen) atoms. The summed E-state index contributed by atoms with van der Waals surface area (Å²) in [6.45, 7) is 2.70. The largest absolute Gasteiger partial charge is 0.449 e. The van der Waals surface area contributed by atoms with Crippen molar-refractivity contribution in [3.05, 3.63) is 58.5 Å². The van der Waals surface area contributed by atoms with E-state index in [0.29, 0.717) is 0 Å². The van der Waals surface area contributed by atoms with Crippen molar-refractivity contribution < 1.29 is 37.9 Å². The molecule has 0 unspecified atom stereocenters. The van der Waals surface area contributed by atoms with E-state index in [9.17, 15) is 24.0 Å². The summed E-state index contributed by atoms with van der Waals surface area (Å²) in [4.78, 5) is 61.9. The molecule has 0 saturated carbocycles. The van der Waals surface area contributed by atoms with Crippen molar-refractivity contribution in [3.8, 4) is 0 Å². The highest BCUT2D eigenvalue weighted by Crippen LogP contribution is 2.32. The van der Waals surface area contributed by atoms with Crippen LogP contribution in [0, 0.1) is 5.92 Å². The number of hydrogen-bond donors (Lipinski definition) is 0. The van der Waals surface area contributed by atoms with E-state index in [-0.39, 0.29) is 22.5 Å². The minimum atomic E-state index is -1.88. The lowest BCUT2D eigenvalue weighted by Crippen LogP contribution is -2.49. The van der Waals surface area contributed by atoms with Crippen LogP contribution < -0.4 is 0 Å². The van der Waals surface area contributed by atoms with E-state index < -0.39 is 46.8 Å². The van der Waals surface area contributed by atoms with Gasteiger partial charge in [-0.15, -0.1) is 0 Å². The number of Topliss-reactive ketones (excluding diaryl/α,β-unsaturated/α-hetero) is 1. The Kier molecular flexibility index (Phi) is 3.42. The quantitative estimate of drug-likeness (QED) is 0.381. The lowest BCUT2D eigenvalue weighted by atomic mass is 9.88. The van der Waals surface area contributed by atoms with Gasteiger partial charge in [0.1, 0.15) is 0 Å². The van der Waals surface area contributed by atoms with Crippen molar-refractivity contribution in [2.45, 2.75) is 19.6 Å². The van der Waals surface area contributed by atoms with E-state index in [2.05, 4.69) is 0 Å². The fraction of sp³-hybridized carbons (Fsp3) is 0.211. The van der Waals surface area contributed by atoms with Crippen LogP contribution in [0.25, 0.3) is 0 Å². The highest BCUT2D eigenvalue weighted by molar-refractivity contribution is 6.28. The molecule has 0 N–H and O–H groups in total. The number of rotatable bonds is 2. The first-order chi connectivity index (χ1) is 12.7. The van der Waals surface area contributed by atoms with Crippen LogP contribution in [0.2, 0.25) is 0 Å². The third kappa shape index (κ3) is 2.49. The highest BCUT2D eigenvalue weighted by Gasteiger charge is 2.49. The number of esters is 2. The number of fused-ring (bicyclic) bond motifs is 2. The molecule has 8 heteroatoms. The van der Waals surface area contributed by atoms with Crippen LogP contribution in [0.5, 0.6) is 0 Å². The standard InChI is InChI=1S/C19H12O8/c1-19(2)26-17(23)12(18(24)27-19)15(22)11-7-10-13(20)8-5-3-4-6-9(8)14(21)16(10)25-11/h3-7,12H,1-2H3. The van der Waals surface area contributed by atoms with Gasteiger partial charge in [0.15, 0.2) is 17.3 Å². The summed E-state index contributed by atoms with van der Waals surface area (Å²) >= 11 is 0. The van der Waals surface area contributed by atoms with Crippen LogP contribution in [-0.2, 0) is 19.1 Å². The molecule has 0 bridgehead atoms. The molecule has 0 amide bonds. The van der Waals surface area contributed by atoms with Crippen molar-refractivity contribution in [1.82, 2.24) is 0 Å². The average Bonchev–Trinajstić information content (AvgIpc) is 3.04. The van der Waals surface area contributed by atoms with Gasteiger partial charge in [-0.1, -0.05) is 24.3 Å². The number of ether oxygens (including phenoxy) is 2. The maximum absolute atomic E-state index is 12.6. The van der Waals surface area contributed by atoms with Gasteiger partial charge >= 0.3 is 11.9 Å². The second-order valence-corrected chi connectivity index (χ2v) is 6.60. The van der Waals surface area contributed by atoms with Gasteiger partial charge in [0.05, 0.1) is 5.56 Å². The molecule has 0 spiro atoms. The Bertz CT molecular complexity index is 983. The molecule has 2 heterocycles. The molecule has 136 valence electrons. The normalized spacial score (nSPS) is 18.4. The predicted octanol–water partition coefficient (Wildman–Crippen LogP) is 1.69. The van der Waals surface area contributed by atoms with E-state index in [1.807, 2.05) is 0 Å². The highest BCUT2D eigenvalue weighted by atomic mass is 16.7. The van der Waals surface area contributed by atoms with Gasteiger partial charge in [0.2, 0.25) is 17.5 Å². The maximum atomic E-state index is 12.6. The molecule has 1 aromatic carbocycles. The first-order valence-electron chi connectivity index (χ1n) is 8.02. The Labute approximate surface area is 152 Å². The van der Waals surface area contributed by atoms with Gasteiger partial charge in [0, 0.05) is 25.0 Å². The van der Waals surface area contributed by atoms with E-state index in [1.165, 1.54) is 26.0 Å². The maximum Gasteiger partial charge on any atom is 0.331 e.